The monoisotopic (exact) mass is 1010 g/mol. The topological polar surface area (TPSA) is 132 Å². The van der Waals surface area contributed by atoms with Gasteiger partial charge in [-0.1, -0.05) is 61.5 Å². The van der Waals surface area contributed by atoms with E-state index >= 15 is 0 Å². The number of ketones is 2. The number of hydrogen-bond acceptors (Lipinski definition) is 10. The van der Waals surface area contributed by atoms with Crippen LogP contribution < -0.4 is 0 Å². The Bertz CT molecular complexity index is 2410. The van der Waals surface area contributed by atoms with E-state index in [1.165, 1.54) is 14.7 Å². The van der Waals surface area contributed by atoms with Gasteiger partial charge in [-0.2, -0.15) is 8.78 Å². The molecule has 12 saturated carbocycles. The van der Waals surface area contributed by atoms with E-state index in [1.807, 2.05) is 6.92 Å². The minimum atomic E-state index is -3.59. The molecule has 1 saturated heterocycles. The Morgan fingerprint density at radius 2 is 1.03 bits per heavy atom. The summed E-state index contributed by atoms with van der Waals surface area (Å²) in [6.45, 7) is 2.61. The fraction of sp³-hybridized carbons (Fsp3) is 0.610. The van der Waals surface area contributed by atoms with Crippen molar-refractivity contribution in [2.75, 3.05) is 26.4 Å². The molecule has 0 aromatic heterocycles. The molecule has 0 N–H and O–H groups in total. The molecule has 3 aromatic carbocycles. The van der Waals surface area contributed by atoms with Crippen LogP contribution in [0.4, 0.5) is 8.78 Å². The Labute approximate surface area is 423 Å². The molecule has 8 unspecified atom stereocenters. The Hall–Kier alpha value is -4.46. The molecular weight excluding hydrogens is 939 g/mol. The average molecular weight is 1010 g/mol. The highest BCUT2D eigenvalue weighted by Crippen LogP contribution is 2.69. The molecule has 1 spiro atoms. The van der Waals surface area contributed by atoms with Crippen molar-refractivity contribution >= 4 is 40.4 Å². The first-order valence-electron chi connectivity index (χ1n) is 26.6. The summed E-state index contributed by atoms with van der Waals surface area (Å²) in [6, 6.07) is 32.2. The molecule has 0 radical (unpaired) electrons. The van der Waals surface area contributed by atoms with Crippen molar-refractivity contribution in [1.29, 1.82) is 0 Å². The van der Waals surface area contributed by atoms with Crippen molar-refractivity contribution in [3.05, 3.63) is 91.0 Å². The summed E-state index contributed by atoms with van der Waals surface area (Å²) in [7, 11) is -0.0146. The third kappa shape index (κ3) is 8.19. The van der Waals surface area contributed by atoms with E-state index in [0.717, 1.165) is 51.4 Å². The minimum absolute atomic E-state index is 0.0146. The molecule has 13 fully saturated rings. The van der Waals surface area contributed by atoms with Gasteiger partial charge in [-0.3, -0.25) is 19.2 Å². The van der Waals surface area contributed by atoms with Crippen LogP contribution in [-0.2, 0) is 58.6 Å². The van der Waals surface area contributed by atoms with Crippen LogP contribution in [0.5, 0.6) is 0 Å². The molecule has 12 bridgehead atoms. The van der Waals surface area contributed by atoms with Crippen LogP contribution in [0.15, 0.2) is 106 Å². The number of halogens is 2. The standard InChI is InChI=1S/C41H52F2O10.C18H15S/c1-35-8-24-7-29(16-40(11-24,17-35)53-32(46)36(2,42)43)41(35)51-20-37(21-52-41,18-49-33(47)38-9-22-3-25(12-38)30(44)26(4-22)13-38)19-50-34(48)39-10-23-5-27(14-39)31(45)28(6-23)15-39;1-4-10-16(11-5-1)19(17-12-6-2-7-13-17)18-14-8-3-9-15-18/h22-29H,3-21H2,1-2H3;1-15H/q;+1. The average Bonchev–Trinajstić information content (AvgIpc) is 3.35. The number of Topliss-reactive ketones (excluding diaryl/α,β-unsaturated/α-hetero) is 2. The van der Waals surface area contributed by atoms with E-state index in [0.29, 0.717) is 75.3 Å². The highest BCUT2D eigenvalue weighted by molar-refractivity contribution is 7.97. The normalized spacial score (nSPS) is 40.5. The number of esters is 3. The number of ether oxygens (including phenoxy) is 5. The van der Waals surface area contributed by atoms with Crippen LogP contribution in [0.2, 0.25) is 0 Å². The summed E-state index contributed by atoms with van der Waals surface area (Å²) in [5, 5.41) is 0. The first-order chi connectivity index (χ1) is 34.4. The summed E-state index contributed by atoms with van der Waals surface area (Å²) >= 11 is 0. The Morgan fingerprint density at radius 1 is 0.597 bits per heavy atom. The number of carbonyl (C=O) groups excluding carboxylic acids is 5. The Balaban J connectivity index is 0.000000234. The van der Waals surface area contributed by atoms with E-state index in [9.17, 15) is 32.8 Å². The lowest BCUT2D eigenvalue weighted by atomic mass is 9.45. The predicted octanol–water partition coefficient (Wildman–Crippen LogP) is 10.5. The lowest BCUT2D eigenvalue weighted by Gasteiger charge is -2.69. The molecule has 382 valence electrons. The molecule has 10 nitrogen and oxygen atoms in total. The molecule has 16 rings (SSSR count). The van der Waals surface area contributed by atoms with Crippen molar-refractivity contribution < 1.29 is 56.4 Å². The van der Waals surface area contributed by atoms with Crippen molar-refractivity contribution in [3.8, 4) is 0 Å². The number of carbonyl (C=O) groups is 5. The van der Waals surface area contributed by atoms with Crippen molar-refractivity contribution in [2.24, 2.45) is 69.0 Å². The van der Waals surface area contributed by atoms with Gasteiger partial charge in [0.25, 0.3) is 0 Å². The van der Waals surface area contributed by atoms with Gasteiger partial charge in [0.05, 0.1) is 40.4 Å². The van der Waals surface area contributed by atoms with Crippen molar-refractivity contribution in [2.45, 2.75) is 142 Å². The lowest BCUT2D eigenvalue weighted by molar-refractivity contribution is -0.422. The van der Waals surface area contributed by atoms with Gasteiger partial charge >= 0.3 is 23.8 Å². The molecular formula is C59H67F2O10S+. The summed E-state index contributed by atoms with van der Waals surface area (Å²) in [5.41, 5.74) is -4.00. The molecule has 13 aliphatic rings. The third-order valence-electron chi connectivity index (χ3n) is 19.4. The van der Waals surface area contributed by atoms with E-state index in [2.05, 4.69) is 91.0 Å². The molecule has 13 heteroatoms. The summed E-state index contributed by atoms with van der Waals surface area (Å²) in [4.78, 5) is 70.4. The van der Waals surface area contributed by atoms with Crippen LogP contribution in [0.25, 0.3) is 0 Å². The maximum absolute atomic E-state index is 14.1. The zero-order valence-corrected chi connectivity index (χ0v) is 42.3. The second-order valence-corrected chi connectivity index (χ2v) is 26.8. The minimum Gasteiger partial charge on any atom is -0.464 e. The van der Waals surface area contributed by atoms with Gasteiger partial charge in [-0.05, 0) is 150 Å². The second kappa shape index (κ2) is 17.6. The first kappa shape index (κ1) is 48.5. The molecule has 1 heterocycles. The fourth-order valence-electron chi connectivity index (χ4n) is 17.0. The SMILES string of the molecule is CC(F)(F)C(=O)OC12CC3CC(C1)C1(OCC(COC(=O)C45CC6CC(C4)C(=O)C(C6)C5)(COC(=O)C45CC6CC(C4)C(=O)C(C6)C5)CO1)C(C)(C3)C2.c1ccc([S+](c2ccccc2)c2ccccc2)cc1. The van der Waals surface area contributed by atoms with Crippen LogP contribution in [0.3, 0.4) is 0 Å². The van der Waals surface area contributed by atoms with E-state index in [-0.39, 0.29) is 84.8 Å². The summed E-state index contributed by atoms with van der Waals surface area (Å²) in [6.07, 6.45) is 9.69. The second-order valence-electron chi connectivity index (χ2n) is 24.8. The smallest absolute Gasteiger partial charge is 0.377 e. The molecule has 8 atom stereocenters. The molecule has 12 aliphatic carbocycles. The number of rotatable bonds is 11. The van der Waals surface area contributed by atoms with Gasteiger partial charge in [-0.25, -0.2) is 4.79 Å². The van der Waals surface area contributed by atoms with E-state index in [4.69, 9.17) is 23.7 Å². The van der Waals surface area contributed by atoms with Crippen LogP contribution >= 0.6 is 0 Å². The first-order valence-corrected chi connectivity index (χ1v) is 27.9. The zero-order valence-electron chi connectivity index (χ0n) is 41.5. The molecule has 3 aromatic rings. The van der Waals surface area contributed by atoms with E-state index in [1.54, 1.807) is 0 Å². The predicted molar refractivity (Wildman–Crippen MR) is 260 cm³/mol. The zero-order chi connectivity index (χ0) is 49.9. The summed E-state index contributed by atoms with van der Waals surface area (Å²) in [5.74, 6) is -5.82. The fourth-order valence-corrected chi connectivity index (χ4v) is 19.1. The number of hydrogen-bond donors (Lipinski definition) is 0. The molecule has 72 heavy (non-hydrogen) atoms. The van der Waals surface area contributed by atoms with Crippen LogP contribution in [0, 0.1) is 69.0 Å². The van der Waals surface area contributed by atoms with Gasteiger partial charge in [0, 0.05) is 41.9 Å². The van der Waals surface area contributed by atoms with Gasteiger partial charge in [0.2, 0.25) is 0 Å². The van der Waals surface area contributed by atoms with Crippen molar-refractivity contribution in [1.82, 2.24) is 0 Å². The molecule has 0 amide bonds. The van der Waals surface area contributed by atoms with Gasteiger partial charge in [0.1, 0.15) is 30.4 Å². The van der Waals surface area contributed by atoms with Gasteiger partial charge < -0.3 is 23.7 Å². The maximum atomic E-state index is 14.1. The van der Waals surface area contributed by atoms with Crippen LogP contribution in [0.1, 0.15) is 110 Å². The lowest BCUT2D eigenvalue weighted by Crippen LogP contribution is -2.73. The maximum Gasteiger partial charge on any atom is 0.377 e. The molecule has 1 aliphatic heterocycles. The van der Waals surface area contributed by atoms with E-state index < -0.39 is 44.9 Å². The Kier molecular flexibility index (Phi) is 11.8. The summed E-state index contributed by atoms with van der Waals surface area (Å²) < 4.78 is 59.9. The highest BCUT2D eigenvalue weighted by atomic mass is 32.2. The largest absolute Gasteiger partial charge is 0.464 e. The third-order valence-corrected chi connectivity index (χ3v) is 21.6. The highest BCUT2D eigenvalue weighted by Gasteiger charge is 2.73. The van der Waals surface area contributed by atoms with Crippen LogP contribution in [-0.4, -0.2) is 73.2 Å². The quantitative estimate of drug-likeness (QED) is 0.104. The number of benzene rings is 3. The van der Waals surface area contributed by atoms with Gasteiger partial charge in [-0.15, -0.1) is 0 Å². The van der Waals surface area contributed by atoms with Crippen molar-refractivity contribution in [3.63, 3.8) is 0 Å². The Morgan fingerprint density at radius 3 is 1.43 bits per heavy atom. The van der Waals surface area contributed by atoms with Gasteiger partial charge in [0.15, 0.2) is 20.5 Å². The number of alkyl halides is 2.